The van der Waals surface area contributed by atoms with Crippen LogP contribution in [0, 0.1) is 27.0 Å². The van der Waals surface area contributed by atoms with Crippen LogP contribution in [0.2, 0.25) is 0 Å². The summed E-state index contributed by atoms with van der Waals surface area (Å²) < 4.78 is 13.7. The van der Waals surface area contributed by atoms with Crippen molar-refractivity contribution in [1.29, 1.82) is 0 Å². The molecule has 2 aromatic carbocycles. The predicted molar refractivity (Wildman–Crippen MR) is 252 cm³/mol. The quantitative estimate of drug-likeness (QED) is 0.0678. The zero-order chi connectivity index (χ0) is 42.3. The number of hydrogen-bond acceptors (Lipinski definition) is 9. The molecule has 2 saturated heterocycles. The lowest BCUT2D eigenvalue weighted by Crippen LogP contribution is -2.50. The molecule has 60 heavy (non-hydrogen) atoms. The Balaban J connectivity index is 0.000000199. The van der Waals surface area contributed by atoms with Crippen LogP contribution in [0.1, 0.15) is 71.9 Å². The Morgan fingerprint density at radius 3 is 1.63 bits per heavy atom. The van der Waals surface area contributed by atoms with E-state index in [-0.39, 0.29) is 24.5 Å². The largest absolute Gasteiger partial charge is 0.361 e. The fourth-order valence-corrected chi connectivity index (χ4v) is 9.82. The van der Waals surface area contributed by atoms with E-state index >= 15 is 0 Å². The molecule has 0 radical (unpaired) electrons. The number of halogens is 1. The van der Waals surface area contributed by atoms with E-state index in [4.69, 9.17) is 23.1 Å². The highest BCUT2D eigenvalue weighted by Crippen LogP contribution is 2.43. The number of anilines is 2. The smallest absolute Gasteiger partial charge is 0.223 e. The summed E-state index contributed by atoms with van der Waals surface area (Å²) >= 11 is 3.54. The third-order valence-electron chi connectivity index (χ3n) is 11.4. The van der Waals surface area contributed by atoms with Crippen molar-refractivity contribution in [2.24, 2.45) is 0 Å². The van der Waals surface area contributed by atoms with Crippen LogP contribution < -0.4 is 26.6 Å². The first-order chi connectivity index (χ1) is 28.0. The molecule has 2 aliphatic heterocycles. The number of rotatable bonds is 7. The molecule has 2 fully saturated rings. The average Bonchev–Trinajstić information content (AvgIpc) is 3.83. The van der Waals surface area contributed by atoms with E-state index in [1.54, 1.807) is 19.4 Å². The number of nitrogens with zero attached hydrogens (tertiary/aromatic N) is 6. The van der Waals surface area contributed by atoms with E-state index in [9.17, 15) is 4.57 Å². The summed E-state index contributed by atoms with van der Waals surface area (Å²) in [5.74, 6) is 1.26. The van der Waals surface area contributed by atoms with Gasteiger partial charge >= 0.3 is 0 Å². The van der Waals surface area contributed by atoms with Gasteiger partial charge in [-0.15, -0.1) is 0 Å². The molecule has 6 aromatic rings. The molecular weight excluding hydrogens is 835 g/mol. The minimum absolute atomic E-state index is 0. The molecule has 0 aliphatic carbocycles. The van der Waals surface area contributed by atoms with Gasteiger partial charge < -0.3 is 35.8 Å². The van der Waals surface area contributed by atoms with Gasteiger partial charge in [0.15, 0.2) is 5.69 Å². The lowest BCUT2D eigenvalue weighted by atomic mass is 9.91. The molecule has 6 heterocycles. The van der Waals surface area contributed by atoms with Crippen molar-refractivity contribution in [3.8, 4) is 22.5 Å². The molecule has 0 unspecified atom stereocenters. The number of nitrogens with one attached hydrogen (secondary N) is 6. The Labute approximate surface area is 361 Å². The van der Waals surface area contributed by atoms with Crippen LogP contribution in [0.5, 0.6) is 0 Å². The van der Waals surface area contributed by atoms with Crippen molar-refractivity contribution >= 4 is 73.5 Å². The van der Waals surface area contributed by atoms with Gasteiger partial charge in [-0.3, -0.25) is 0 Å². The van der Waals surface area contributed by atoms with E-state index in [0.29, 0.717) is 34.6 Å². The van der Waals surface area contributed by atoms with Crippen LogP contribution in [0.3, 0.4) is 0 Å². The SMILES string of the molecule is C.[C-]#[N+]c1ccc2c(-c3nc(N[C@H]4CCC(C)(C)NC4)ncc3C)c[nH]c2c1Br.[C-]#[N+]c1ccc2c(-c3nc(N[C@H]4CCC(C)(C)NC4)ncc3C)c[nH]c2c1P(C)(C)=O. The molecule has 0 amide bonds. The second kappa shape index (κ2) is 17.5. The van der Waals surface area contributed by atoms with E-state index in [0.717, 1.165) is 98.7 Å². The summed E-state index contributed by atoms with van der Waals surface area (Å²) in [4.78, 5) is 32.3. The Kier molecular flexibility index (Phi) is 12.9. The third-order valence-corrected chi connectivity index (χ3v) is 13.7. The monoisotopic (exact) mass is 890 g/mol. The maximum Gasteiger partial charge on any atom is 0.223 e. The van der Waals surface area contributed by atoms with E-state index in [1.807, 2.05) is 56.8 Å². The van der Waals surface area contributed by atoms with Crippen LogP contribution in [0.15, 0.2) is 53.5 Å². The average molecular weight is 892 g/mol. The number of aryl methyl sites for hydroxylation is 2. The number of aromatic nitrogens is 6. The molecule has 0 saturated carbocycles. The predicted octanol–water partition coefficient (Wildman–Crippen LogP) is 10.5. The van der Waals surface area contributed by atoms with Crippen molar-refractivity contribution < 1.29 is 4.57 Å². The molecule has 6 N–H and O–H groups in total. The molecular formula is C45H56BrN12OP. The van der Waals surface area contributed by atoms with E-state index in [1.165, 1.54) is 0 Å². The Bertz CT molecular complexity index is 2660. The molecule has 8 rings (SSSR count). The Morgan fingerprint density at radius 1 is 0.750 bits per heavy atom. The molecule has 15 heteroatoms. The minimum atomic E-state index is -2.65. The summed E-state index contributed by atoms with van der Waals surface area (Å²) in [6.07, 6.45) is 11.9. The number of benzene rings is 2. The summed E-state index contributed by atoms with van der Waals surface area (Å²) in [5, 5.41) is 16.6. The lowest BCUT2D eigenvalue weighted by Gasteiger charge is -2.36. The summed E-state index contributed by atoms with van der Waals surface area (Å²) in [6.45, 7) is 32.9. The van der Waals surface area contributed by atoms with Crippen molar-refractivity contribution in [1.82, 2.24) is 40.5 Å². The van der Waals surface area contributed by atoms with Gasteiger partial charge in [-0.05, 0) is 91.7 Å². The fraction of sp³-hybridized carbons (Fsp3) is 0.422. The standard InChI is InChI=1S/C23H29N6OP.C21H23BrN6.CH4/c1-14-11-26-22(28-15-9-10-23(2,3)27-12-15)29-19(14)17-13-25-20-16(17)7-8-18(24-4)21(20)31(5,6)30;1-12-9-25-20(27-13-7-8-21(2,3)26-10-13)28-18(12)15-11-24-19-14(15)5-6-16(23-4)17(19)22;/h7-8,11,13,15,25,27H,9-10,12H2,1-3,5-6H3,(H,26,28,29);5-6,9,11,13,24,26H,7-8,10H2,1-3H3,(H,25,27,28);1H4/t15-;13-;/m00./s1. The number of aromatic amines is 2. The number of H-pyrrole nitrogens is 2. The van der Waals surface area contributed by atoms with Crippen LogP contribution in [-0.4, -0.2) is 79.5 Å². The van der Waals surface area contributed by atoms with Gasteiger partial charge in [0, 0.05) is 104 Å². The number of piperidine rings is 2. The van der Waals surface area contributed by atoms with Gasteiger partial charge in [-0.25, -0.2) is 29.6 Å². The van der Waals surface area contributed by atoms with E-state index < -0.39 is 7.14 Å². The zero-order valence-corrected chi connectivity index (χ0v) is 37.4. The first-order valence-electron chi connectivity index (χ1n) is 19.9. The van der Waals surface area contributed by atoms with Crippen molar-refractivity contribution in [3.63, 3.8) is 0 Å². The molecule has 0 bridgehead atoms. The highest BCUT2D eigenvalue weighted by atomic mass is 79.9. The van der Waals surface area contributed by atoms with Gasteiger partial charge in [-0.2, -0.15) is 0 Å². The Morgan fingerprint density at radius 2 is 1.20 bits per heavy atom. The second-order valence-corrected chi connectivity index (χ2v) is 21.3. The minimum Gasteiger partial charge on any atom is -0.361 e. The van der Waals surface area contributed by atoms with Crippen LogP contribution >= 0.6 is 23.1 Å². The highest BCUT2D eigenvalue weighted by Gasteiger charge is 2.28. The first-order valence-corrected chi connectivity index (χ1v) is 23.3. The normalized spacial score (nSPS) is 18.4. The van der Waals surface area contributed by atoms with Gasteiger partial charge in [0.05, 0.1) is 24.5 Å². The van der Waals surface area contributed by atoms with Gasteiger partial charge in [0.25, 0.3) is 0 Å². The maximum absolute atomic E-state index is 12.9. The first kappa shape index (κ1) is 44.4. The van der Waals surface area contributed by atoms with Gasteiger partial charge in [0.1, 0.15) is 7.14 Å². The summed E-state index contributed by atoms with van der Waals surface area (Å²) in [7, 11) is -2.65. The second-order valence-electron chi connectivity index (χ2n) is 17.4. The van der Waals surface area contributed by atoms with Crippen LogP contribution in [0.4, 0.5) is 23.3 Å². The van der Waals surface area contributed by atoms with Gasteiger partial charge in [-0.1, -0.05) is 47.6 Å². The van der Waals surface area contributed by atoms with Crippen molar-refractivity contribution in [2.75, 3.05) is 37.1 Å². The topological polar surface area (TPSA) is 157 Å². The van der Waals surface area contributed by atoms with Crippen molar-refractivity contribution in [2.45, 2.75) is 97.8 Å². The van der Waals surface area contributed by atoms with Crippen LogP contribution in [0.25, 0.3) is 54.0 Å². The molecule has 4 aromatic heterocycles. The van der Waals surface area contributed by atoms with Crippen molar-refractivity contribution in [3.05, 3.63) is 87.5 Å². The summed E-state index contributed by atoms with van der Waals surface area (Å²) in [6, 6.07) is 8.08. The molecule has 2 aliphatic rings. The molecule has 13 nitrogen and oxygen atoms in total. The highest BCUT2D eigenvalue weighted by molar-refractivity contribution is 9.10. The van der Waals surface area contributed by atoms with E-state index in [2.05, 4.69) is 94.5 Å². The third kappa shape index (κ3) is 9.43. The molecule has 0 spiro atoms. The zero-order valence-electron chi connectivity index (χ0n) is 34.9. The Hall–Kier alpha value is -5.11. The lowest BCUT2D eigenvalue weighted by molar-refractivity contribution is 0.289. The maximum atomic E-state index is 12.9. The van der Waals surface area contributed by atoms with Gasteiger partial charge in [0.2, 0.25) is 17.6 Å². The van der Waals surface area contributed by atoms with Crippen LogP contribution in [-0.2, 0) is 4.57 Å². The molecule has 314 valence electrons. The fourth-order valence-electron chi connectivity index (χ4n) is 7.87. The number of hydrogen-bond donors (Lipinski definition) is 6. The summed E-state index contributed by atoms with van der Waals surface area (Å²) in [5.41, 5.74) is 8.69. The molecule has 2 atom stereocenters. The number of fused-ring (bicyclic) bond motifs is 2.